The summed E-state index contributed by atoms with van der Waals surface area (Å²) in [7, 11) is 0. The lowest BCUT2D eigenvalue weighted by atomic mass is 10.2. The molecule has 0 bridgehead atoms. The predicted octanol–water partition coefficient (Wildman–Crippen LogP) is 4.79. The van der Waals surface area contributed by atoms with Crippen LogP contribution in [0, 0.1) is 6.92 Å². The quantitative estimate of drug-likeness (QED) is 0.670. The van der Waals surface area contributed by atoms with Crippen LogP contribution in [0.2, 0.25) is 0 Å². The molecule has 6 heteroatoms. The van der Waals surface area contributed by atoms with Crippen molar-refractivity contribution in [2.45, 2.75) is 26.8 Å². The van der Waals surface area contributed by atoms with Gasteiger partial charge in [0.1, 0.15) is 17.9 Å². The molecule has 0 aliphatic rings. The molecule has 0 spiro atoms. The van der Waals surface area contributed by atoms with E-state index in [1.165, 1.54) is 0 Å². The van der Waals surface area contributed by atoms with E-state index in [4.69, 9.17) is 9.15 Å². The highest BCUT2D eigenvalue weighted by molar-refractivity contribution is 5.76. The van der Waals surface area contributed by atoms with Crippen LogP contribution in [0.25, 0.3) is 11.1 Å². The maximum absolute atomic E-state index is 12.6. The lowest BCUT2D eigenvalue weighted by molar-refractivity contribution is 0.345. The maximum Gasteiger partial charge on any atom is 0.295 e. The van der Waals surface area contributed by atoms with Crippen LogP contribution in [0.15, 0.2) is 52.8 Å². The normalized spacial score (nSPS) is 11.7. The summed E-state index contributed by atoms with van der Waals surface area (Å²) in [4.78, 5) is 8.57. The molecule has 0 aliphatic carbocycles. The Morgan fingerprint density at radius 2 is 2.20 bits per heavy atom. The Morgan fingerprint density at radius 1 is 1.32 bits per heavy atom. The Bertz CT molecular complexity index is 889. The highest BCUT2D eigenvalue weighted by Crippen LogP contribution is 2.24. The molecule has 0 amide bonds. The van der Waals surface area contributed by atoms with Crippen LogP contribution in [0.3, 0.4) is 0 Å². The van der Waals surface area contributed by atoms with Crippen molar-refractivity contribution in [1.82, 2.24) is 9.97 Å². The van der Waals surface area contributed by atoms with Gasteiger partial charge in [0, 0.05) is 24.5 Å². The largest absolute Gasteiger partial charge is 0.489 e. The minimum atomic E-state index is 0.221. The molecule has 0 unspecified atom stereocenters. The average molecular weight is 341 g/mol. The van der Waals surface area contributed by atoms with E-state index in [0.717, 1.165) is 16.8 Å². The molecular weight excluding hydrogens is 321 g/mol. The van der Waals surface area contributed by atoms with Crippen molar-refractivity contribution in [3.63, 3.8) is 0 Å². The third kappa shape index (κ3) is 4.35. The van der Waals surface area contributed by atoms with Crippen molar-refractivity contribution in [2.24, 2.45) is 0 Å². The van der Waals surface area contributed by atoms with Crippen LogP contribution in [0.1, 0.15) is 24.6 Å². The third-order valence-electron chi connectivity index (χ3n) is 3.80. The number of fused-ring (bicyclic) bond motifs is 1. The third-order valence-corrected chi connectivity index (χ3v) is 3.80. The minimum Gasteiger partial charge on any atom is -0.489 e. The first-order valence-electron chi connectivity index (χ1n) is 8.15. The molecule has 2 heterocycles. The van der Waals surface area contributed by atoms with Gasteiger partial charge in [-0.3, -0.25) is 4.98 Å². The molecular formula is C19H20FN3O2. The summed E-state index contributed by atoms with van der Waals surface area (Å²) in [6, 6.07) is 9.77. The van der Waals surface area contributed by atoms with Crippen LogP contribution in [-0.2, 0) is 6.54 Å². The lowest BCUT2D eigenvalue weighted by Crippen LogP contribution is -2.00. The van der Waals surface area contributed by atoms with Gasteiger partial charge in [-0.25, -0.2) is 4.39 Å². The van der Waals surface area contributed by atoms with Gasteiger partial charge in [0.15, 0.2) is 5.58 Å². The topological polar surface area (TPSA) is 60.2 Å². The van der Waals surface area contributed by atoms with Crippen molar-refractivity contribution in [2.75, 3.05) is 11.9 Å². The smallest absolute Gasteiger partial charge is 0.295 e. The number of nitrogens with zero attached hydrogens (tertiary/aromatic N) is 2. The summed E-state index contributed by atoms with van der Waals surface area (Å²) in [5.41, 5.74) is 4.02. The van der Waals surface area contributed by atoms with Gasteiger partial charge in [-0.15, -0.1) is 0 Å². The van der Waals surface area contributed by atoms with Crippen LogP contribution >= 0.6 is 0 Å². The molecule has 3 aromatic rings. The first-order valence-corrected chi connectivity index (χ1v) is 8.15. The number of aryl methyl sites for hydroxylation is 1. The standard InChI is InChI=1S/C19H20FN3O2/c1-3-14(10-20)12-24-16-4-5-17-18(9-16)25-19(23-17)22-11-15-6-7-21-13(2)8-15/h4-10H,3,11-12H2,1-2H3,(H,22,23)/b14-10-. The second-order valence-electron chi connectivity index (χ2n) is 5.72. The number of hydrogen-bond donors (Lipinski definition) is 1. The molecule has 0 fully saturated rings. The van der Waals surface area contributed by atoms with Crippen LogP contribution < -0.4 is 10.1 Å². The summed E-state index contributed by atoms with van der Waals surface area (Å²) >= 11 is 0. The van der Waals surface area contributed by atoms with Gasteiger partial charge in [0.05, 0.1) is 6.33 Å². The number of ether oxygens (including phenoxy) is 1. The molecule has 5 nitrogen and oxygen atoms in total. The maximum atomic E-state index is 12.6. The molecule has 1 aromatic carbocycles. The fourth-order valence-corrected chi connectivity index (χ4v) is 2.35. The zero-order valence-corrected chi connectivity index (χ0v) is 14.3. The van der Waals surface area contributed by atoms with E-state index in [1.807, 2.05) is 32.0 Å². The van der Waals surface area contributed by atoms with Gasteiger partial charge < -0.3 is 14.5 Å². The SMILES string of the molecule is CC/C(=C/F)COc1ccc2nc(NCc3ccnc(C)c3)oc2c1. The van der Waals surface area contributed by atoms with Gasteiger partial charge in [0.25, 0.3) is 6.01 Å². The molecule has 2 aromatic heterocycles. The van der Waals surface area contributed by atoms with Gasteiger partial charge >= 0.3 is 0 Å². The molecule has 0 saturated heterocycles. The number of pyridine rings is 1. The monoisotopic (exact) mass is 341 g/mol. The fourth-order valence-electron chi connectivity index (χ4n) is 2.35. The number of anilines is 1. The number of oxazole rings is 1. The summed E-state index contributed by atoms with van der Waals surface area (Å²) in [6.45, 7) is 4.66. The molecule has 0 radical (unpaired) electrons. The van der Waals surface area contributed by atoms with Crippen molar-refractivity contribution in [3.8, 4) is 5.75 Å². The van der Waals surface area contributed by atoms with Crippen molar-refractivity contribution in [1.29, 1.82) is 0 Å². The number of benzene rings is 1. The average Bonchev–Trinajstić information content (AvgIpc) is 3.03. The number of rotatable bonds is 7. The van der Waals surface area contributed by atoms with E-state index < -0.39 is 0 Å². The Balaban J connectivity index is 1.67. The highest BCUT2D eigenvalue weighted by Gasteiger charge is 2.08. The lowest BCUT2D eigenvalue weighted by Gasteiger charge is -2.06. The highest BCUT2D eigenvalue weighted by atomic mass is 19.1. The van der Waals surface area contributed by atoms with Gasteiger partial charge in [-0.05, 0) is 48.7 Å². The fraction of sp³-hybridized carbons (Fsp3) is 0.263. The molecule has 1 N–H and O–H groups in total. The number of halogens is 1. The van der Waals surface area contributed by atoms with E-state index in [2.05, 4.69) is 15.3 Å². The van der Waals surface area contributed by atoms with Crippen molar-refractivity contribution >= 4 is 17.1 Å². The second-order valence-corrected chi connectivity index (χ2v) is 5.72. The Kier molecular flexibility index (Phi) is 5.28. The van der Waals surface area contributed by atoms with Crippen LogP contribution in [0.5, 0.6) is 5.75 Å². The minimum absolute atomic E-state index is 0.221. The van der Waals surface area contributed by atoms with E-state index >= 15 is 0 Å². The molecule has 0 atom stereocenters. The van der Waals surface area contributed by atoms with Crippen molar-refractivity contribution in [3.05, 3.63) is 59.7 Å². The van der Waals surface area contributed by atoms with Crippen LogP contribution in [0.4, 0.5) is 10.4 Å². The van der Waals surface area contributed by atoms with Crippen LogP contribution in [-0.4, -0.2) is 16.6 Å². The summed E-state index contributed by atoms with van der Waals surface area (Å²) in [5.74, 6) is 0.618. The summed E-state index contributed by atoms with van der Waals surface area (Å²) < 4.78 is 23.9. The first kappa shape index (κ1) is 17.0. The molecule has 130 valence electrons. The van der Waals surface area contributed by atoms with E-state index in [-0.39, 0.29) is 6.61 Å². The molecule has 25 heavy (non-hydrogen) atoms. The van der Waals surface area contributed by atoms with E-state index in [9.17, 15) is 4.39 Å². The Morgan fingerprint density at radius 3 is 2.96 bits per heavy atom. The van der Waals surface area contributed by atoms with Crippen molar-refractivity contribution < 1.29 is 13.5 Å². The van der Waals surface area contributed by atoms with E-state index in [1.54, 1.807) is 18.3 Å². The zero-order chi connectivity index (χ0) is 17.6. The second kappa shape index (κ2) is 7.79. The summed E-state index contributed by atoms with van der Waals surface area (Å²) in [6.07, 6.45) is 2.98. The number of aromatic nitrogens is 2. The Hall–Kier alpha value is -2.89. The Labute approximate surface area is 145 Å². The zero-order valence-electron chi connectivity index (χ0n) is 14.3. The predicted molar refractivity (Wildman–Crippen MR) is 95.3 cm³/mol. The number of nitrogens with one attached hydrogen (secondary N) is 1. The summed E-state index contributed by atoms with van der Waals surface area (Å²) in [5, 5.41) is 3.16. The van der Waals surface area contributed by atoms with Gasteiger partial charge in [-0.2, -0.15) is 4.98 Å². The molecule has 0 saturated carbocycles. The number of hydrogen-bond acceptors (Lipinski definition) is 5. The first-order chi connectivity index (χ1) is 12.2. The van der Waals surface area contributed by atoms with Gasteiger partial charge in [-0.1, -0.05) is 6.92 Å². The van der Waals surface area contributed by atoms with Gasteiger partial charge in [0.2, 0.25) is 0 Å². The van der Waals surface area contributed by atoms with E-state index in [0.29, 0.717) is 42.2 Å². The molecule has 0 aliphatic heterocycles. The molecule has 3 rings (SSSR count).